The highest BCUT2D eigenvalue weighted by Crippen LogP contribution is 2.22. The van der Waals surface area contributed by atoms with Gasteiger partial charge in [0.15, 0.2) is 0 Å². The van der Waals surface area contributed by atoms with Crippen molar-refractivity contribution in [1.82, 2.24) is 0 Å². The molecule has 2 rings (SSSR count). The highest BCUT2D eigenvalue weighted by atomic mass is 79.9. The van der Waals surface area contributed by atoms with Gasteiger partial charge in [-0.2, -0.15) is 0 Å². The van der Waals surface area contributed by atoms with E-state index in [1.165, 1.54) is 18.2 Å². The number of anilines is 1. The minimum absolute atomic E-state index is 0.104. The first-order valence-electron chi connectivity index (χ1n) is 5.98. The van der Waals surface area contributed by atoms with Crippen LogP contribution in [0.5, 0.6) is 0 Å². The molecule has 0 aromatic heterocycles. The zero-order valence-corrected chi connectivity index (χ0v) is 12.4. The summed E-state index contributed by atoms with van der Waals surface area (Å²) >= 11 is 3.22. The van der Waals surface area contributed by atoms with Gasteiger partial charge in [0.05, 0.1) is 12.2 Å². The van der Waals surface area contributed by atoms with Crippen LogP contribution in [0.15, 0.2) is 40.9 Å². The molecule has 104 valence electrons. The minimum atomic E-state index is -0.473. The minimum Gasteiger partial charge on any atom is -0.392 e. The van der Waals surface area contributed by atoms with Crippen LogP contribution in [0.1, 0.15) is 21.5 Å². The average molecular weight is 338 g/mol. The fourth-order valence-corrected chi connectivity index (χ4v) is 2.19. The zero-order valence-electron chi connectivity index (χ0n) is 10.8. The summed E-state index contributed by atoms with van der Waals surface area (Å²) in [5.74, 6) is -0.881. The summed E-state index contributed by atoms with van der Waals surface area (Å²) in [7, 11) is 0. The van der Waals surface area contributed by atoms with Crippen molar-refractivity contribution in [2.45, 2.75) is 13.5 Å². The van der Waals surface area contributed by atoms with E-state index in [4.69, 9.17) is 5.11 Å². The van der Waals surface area contributed by atoms with Gasteiger partial charge in [-0.1, -0.05) is 12.1 Å². The second-order valence-corrected chi connectivity index (χ2v) is 5.24. The molecule has 0 aliphatic heterocycles. The SMILES string of the molecule is Cc1ccc(CO)cc1NC(=O)c1cc(F)ccc1Br. The van der Waals surface area contributed by atoms with Crippen LogP contribution in [0, 0.1) is 12.7 Å². The van der Waals surface area contributed by atoms with Crippen LogP contribution in [-0.4, -0.2) is 11.0 Å². The summed E-state index contributed by atoms with van der Waals surface area (Å²) in [6.07, 6.45) is 0. The maximum absolute atomic E-state index is 13.2. The van der Waals surface area contributed by atoms with Crippen molar-refractivity contribution in [1.29, 1.82) is 0 Å². The van der Waals surface area contributed by atoms with Crippen molar-refractivity contribution in [3.05, 3.63) is 63.4 Å². The molecule has 0 fully saturated rings. The van der Waals surface area contributed by atoms with E-state index in [0.717, 1.165) is 5.56 Å². The first-order chi connectivity index (χ1) is 9.51. The second kappa shape index (κ2) is 6.15. The maximum Gasteiger partial charge on any atom is 0.256 e. The van der Waals surface area contributed by atoms with E-state index in [-0.39, 0.29) is 12.2 Å². The third kappa shape index (κ3) is 3.23. The number of benzene rings is 2. The summed E-state index contributed by atoms with van der Waals surface area (Å²) in [6, 6.07) is 9.22. The van der Waals surface area contributed by atoms with E-state index >= 15 is 0 Å². The van der Waals surface area contributed by atoms with Crippen molar-refractivity contribution in [3.8, 4) is 0 Å². The quantitative estimate of drug-likeness (QED) is 0.898. The van der Waals surface area contributed by atoms with Gasteiger partial charge in [0.25, 0.3) is 5.91 Å². The lowest BCUT2D eigenvalue weighted by molar-refractivity contribution is 0.102. The molecule has 2 aromatic rings. The molecule has 20 heavy (non-hydrogen) atoms. The lowest BCUT2D eigenvalue weighted by atomic mass is 10.1. The third-order valence-electron chi connectivity index (χ3n) is 2.91. The lowest BCUT2D eigenvalue weighted by Gasteiger charge is -2.11. The molecule has 5 heteroatoms. The highest BCUT2D eigenvalue weighted by Gasteiger charge is 2.12. The van der Waals surface area contributed by atoms with Gasteiger partial charge in [0, 0.05) is 10.2 Å². The number of aliphatic hydroxyl groups excluding tert-OH is 1. The molecule has 0 aliphatic carbocycles. The smallest absolute Gasteiger partial charge is 0.256 e. The average Bonchev–Trinajstić information content (AvgIpc) is 2.43. The predicted molar refractivity (Wildman–Crippen MR) is 79.2 cm³/mol. The fourth-order valence-electron chi connectivity index (χ4n) is 1.76. The summed E-state index contributed by atoms with van der Waals surface area (Å²) < 4.78 is 13.7. The number of carbonyl (C=O) groups is 1. The molecule has 2 aromatic carbocycles. The van der Waals surface area contributed by atoms with Crippen molar-refractivity contribution < 1.29 is 14.3 Å². The Morgan fingerprint density at radius 2 is 2.05 bits per heavy atom. The number of aryl methyl sites for hydroxylation is 1. The van der Waals surface area contributed by atoms with Gasteiger partial charge in [-0.3, -0.25) is 4.79 Å². The number of carbonyl (C=O) groups excluding carboxylic acids is 1. The number of halogens is 2. The molecule has 0 bridgehead atoms. The largest absolute Gasteiger partial charge is 0.392 e. The van der Waals surface area contributed by atoms with E-state index in [1.807, 2.05) is 13.0 Å². The summed E-state index contributed by atoms with van der Waals surface area (Å²) in [6.45, 7) is 1.74. The maximum atomic E-state index is 13.2. The van der Waals surface area contributed by atoms with Crippen molar-refractivity contribution >= 4 is 27.5 Å². The molecular formula is C15H13BrFNO2. The van der Waals surface area contributed by atoms with Crippen LogP contribution >= 0.6 is 15.9 Å². The van der Waals surface area contributed by atoms with Crippen LogP contribution in [0.3, 0.4) is 0 Å². The molecule has 2 N–H and O–H groups in total. The molecular weight excluding hydrogens is 325 g/mol. The van der Waals surface area contributed by atoms with Gasteiger partial charge in [-0.25, -0.2) is 4.39 Å². The number of hydrogen-bond donors (Lipinski definition) is 2. The summed E-state index contributed by atoms with van der Waals surface area (Å²) in [5, 5.41) is 11.8. The Morgan fingerprint density at radius 1 is 1.30 bits per heavy atom. The van der Waals surface area contributed by atoms with E-state index in [2.05, 4.69) is 21.2 Å². The second-order valence-electron chi connectivity index (χ2n) is 4.39. The number of rotatable bonds is 3. The molecule has 0 atom stereocenters. The van der Waals surface area contributed by atoms with E-state index in [9.17, 15) is 9.18 Å². The number of hydrogen-bond acceptors (Lipinski definition) is 2. The molecule has 0 spiro atoms. The van der Waals surface area contributed by atoms with Gasteiger partial charge < -0.3 is 10.4 Å². The van der Waals surface area contributed by atoms with Crippen LogP contribution in [0.25, 0.3) is 0 Å². The molecule has 0 heterocycles. The third-order valence-corrected chi connectivity index (χ3v) is 3.60. The molecule has 3 nitrogen and oxygen atoms in total. The Balaban J connectivity index is 2.30. The molecule has 0 unspecified atom stereocenters. The van der Waals surface area contributed by atoms with Crippen molar-refractivity contribution in [3.63, 3.8) is 0 Å². The Hall–Kier alpha value is -1.72. The molecule has 0 radical (unpaired) electrons. The van der Waals surface area contributed by atoms with Crippen LogP contribution in [-0.2, 0) is 6.61 Å². The van der Waals surface area contributed by atoms with Crippen LogP contribution < -0.4 is 5.32 Å². The predicted octanol–water partition coefficient (Wildman–Crippen LogP) is 3.64. The first kappa shape index (κ1) is 14.7. The Morgan fingerprint density at radius 3 is 2.75 bits per heavy atom. The van der Waals surface area contributed by atoms with Crippen molar-refractivity contribution in [2.24, 2.45) is 0 Å². The van der Waals surface area contributed by atoms with Gasteiger partial charge in [0.1, 0.15) is 5.82 Å². The normalized spacial score (nSPS) is 10.4. The van der Waals surface area contributed by atoms with E-state index in [1.54, 1.807) is 12.1 Å². The number of aliphatic hydroxyl groups is 1. The van der Waals surface area contributed by atoms with Crippen LogP contribution in [0.2, 0.25) is 0 Å². The summed E-state index contributed by atoms with van der Waals surface area (Å²) in [4.78, 5) is 12.2. The van der Waals surface area contributed by atoms with Gasteiger partial charge in [0.2, 0.25) is 0 Å². The summed E-state index contributed by atoms with van der Waals surface area (Å²) in [5.41, 5.74) is 2.38. The van der Waals surface area contributed by atoms with Gasteiger partial charge in [-0.05, 0) is 58.2 Å². The zero-order chi connectivity index (χ0) is 14.7. The van der Waals surface area contributed by atoms with E-state index < -0.39 is 11.7 Å². The molecule has 0 saturated heterocycles. The monoisotopic (exact) mass is 337 g/mol. The first-order valence-corrected chi connectivity index (χ1v) is 6.77. The van der Waals surface area contributed by atoms with Crippen molar-refractivity contribution in [2.75, 3.05) is 5.32 Å². The highest BCUT2D eigenvalue weighted by molar-refractivity contribution is 9.10. The standard InChI is InChI=1S/C15H13BrFNO2/c1-9-2-3-10(8-19)6-14(9)18-15(20)12-7-11(17)4-5-13(12)16/h2-7,19H,8H2,1H3,(H,18,20). The van der Waals surface area contributed by atoms with Gasteiger partial charge in [-0.15, -0.1) is 0 Å². The van der Waals surface area contributed by atoms with Gasteiger partial charge >= 0.3 is 0 Å². The molecule has 0 saturated carbocycles. The fraction of sp³-hybridized carbons (Fsp3) is 0.133. The Labute approximate surface area is 124 Å². The molecule has 1 amide bonds. The number of nitrogens with one attached hydrogen (secondary N) is 1. The Bertz CT molecular complexity index is 658. The van der Waals surface area contributed by atoms with Crippen LogP contribution in [0.4, 0.5) is 10.1 Å². The topological polar surface area (TPSA) is 49.3 Å². The Kier molecular flexibility index (Phi) is 4.52. The number of amides is 1. The lowest BCUT2D eigenvalue weighted by Crippen LogP contribution is -2.14. The molecule has 0 aliphatic rings. The van der Waals surface area contributed by atoms with E-state index in [0.29, 0.717) is 15.7 Å².